The van der Waals surface area contributed by atoms with Crippen LogP contribution >= 0.6 is 0 Å². The largest absolute Gasteiger partial charge is 0.478 e. The highest BCUT2D eigenvalue weighted by molar-refractivity contribution is 5.90. The van der Waals surface area contributed by atoms with E-state index < -0.39 is 11.8 Å². The zero-order chi connectivity index (χ0) is 8.85. The van der Waals surface area contributed by atoms with E-state index in [1.165, 1.54) is 13.0 Å². The number of aliphatic carboxylic acids is 1. The molecule has 0 aromatic carbocycles. The van der Waals surface area contributed by atoms with Gasteiger partial charge in [-0.2, -0.15) is 0 Å². The van der Waals surface area contributed by atoms with Gasteiger partial charge in [-0.1, -0.05) is 18.7 Å². The first kappa shape index (κ1) is 9.62. The quantitative estimate of drug-likeness (QED) is 0.501. The molecular formula is C8H9FO2. The molecule has 0 rings (SSSR count). The summed E-state index contributed by atoms with van der Waals surface area (Å²) >= 11 is 0. The van der Waals surface area contributed by atoms with E-state index in [1.807, 2.05) is 0 Å². The number of rotatable bonds is 3. The Morgan fingerprint density at radius 3 is 2.45 bits per heavy atom. The van der Waals surface area contributed by atoms with E-state index in [1.54, 1.807) is 0 Å². The lowest BCUT2D eigenvalue weighted by Gasteiger charge is -1.91. The molecule has 0 aromatic rings. The summed E-state index contributed by atoms with van der Waals surface area (Å²) in [5.74, 6) is -1.76. The number of carboxylic acid groups (broad SMARTS) is 1. The smallest absolute Gasteiger partial charge is 0.335 e. The van der Waals surface area contributed by atoms with Gasteiger partial charge < -0.3 is 5.11 Å². The topological polar surface area (TPSA) is 37.3 Å². The number of allylic oxidation sites excluding steroid dienone is 3. The van der Waals surface area contributed by atoms with Crippen LogP contribution in [0.1, 0.15) is 6.92 Å². The number of hydrogen-bond acceptors (Lipinski definition) is 1. The second-order valence-electron chi connectivity index (χ2n) is 1.78. The molecule has 0 aromatic heterocycles. The van der Waals surface area contributed by atoms with Crippen LogP contribution in [0.3, 0.4) is 0 Å². The minimum Gasteiger partial charge on any atom is -0.478 e. The first-order valence-electron chi connectivity index (χ1n) is 3.01. The Balaban J connectivity index is 4.62. The Morgan fingerprint density at radius 2 is 2.18 bits per heavy atom. The van der Waals surface area contributed by atoms with Gasteiger partial charge in [0.2, 0.25) is 0 Å². The fourth-order valence-electron chi connectivity index (χ4n) is 0.440. The molecule has 2 nitrogen and oxygen atoms in total. The van der Waals surface area contributed by atoms with Gasteiger partial charge in [0.05, 0.1) is 5.57 Å². The maximum absolute atomic E-state index is 12.4. The molecule has 0 aliphatic rings. The monoisotopic (exact) mass is 156 g/mol. The molecule has 11 heavy (non-hydrogen) atoms. The molecule has 0 aliphatic carbocycles. The van der Waals surface area contributed by atoms with Crippen molar-refractivity contribution in [2.45, 2.75) is 6.92 Å². The molecule has 3 heteroatoms. The lowest BCUT2D eigenvalue weighted by molar-refractivity contribution is -0.132. The van der Waals surface area contributed by atoms with Crippen LogP contribution in [0.2, 0.25) is 0 Å². The van der Waals surface area contributed by atoms with E-state index >= 15 is 0 Å². The predicted molar refractivity (Wildman–Crippen MR) is 40.8 cm³/mol. The average Bonchev–Trinajstić information content (AvgIpc) is 1.99. The van der Waals surface area contributed by atoms with Gasteiger partial charge in [0.25, 0.3) is 0 Å². The van der Waals surface area contributed by atoms with Crippen molar-refractivity contribution >= 4 is 5.97 Å². The molecule has 0 saturated carbocycles. The first-order chi connectivity index (χ1) is 5.11. The van der Waals surface area contributed by atoms with Crippen molar-refractivity contribution < 1.29 is 14.3 Å². The Hall–Kier alpha value is -1.38. The molecule has 0 radical (unpaired) electrons. The van der Waals surface area contributed by atoms with Crippen LogP contribution in [-0.4, -0.2) is 11.1 Å². The van der Waals surface area contributed by atoms with Crippen molar-refractivity contribution in [2.75, 3.05) is 0 Å². The SMILES string of the molecule is C=C/C(=C\C(F)=C/C)C(=O)O. The van der Waals surface area contributed by atoms with Crippen molar-refractivity contribution in [3.05, 3.63) is 36.2 Å². The van der Waals surface area contributed by atoms with Gasteiger partial charge in [0.15, 0.2) is 0 Å². The Kier molecular flexibility index (Phi) is 3.88. The Labute approximate surface area is 64.3 Å². The molecule has 60 valence electrons. The van der Waals surface area contributed by atoms with Crippen LogP contribution < -0.4 is 0 Å². The summed E-state index contributed by atoms with van der Waals surface area (Å²) in [6, 6.07) is 0. The number of hydrogen-bond donors (Lipinski definition) is 1. The lowest BCUT2D eigenvalue weighted by Crippen LogP contribution is -1.96. The van der Waals surface area contributed by atoms with Crippen molar-refractivity contribution in [3.8, 4) is 0 Å². The fraction of sp³-hybridized carbons (Fsp3) is 0.125. The van der Waals surface area contributed by atoms with E-state index in [0.29, 0.717) is 0 Å². The number of carbonyl (C=O) groups is 1. The van der Waals surface area contributed by atoms with Gasteiger partial charge in [0.1, 0.15) is 5.83 Å². The fourth-order valence-corrected chi connectivity index (χ4v) is 0.440. The molecule has 0 aliphatic heterocycles. The molecule has 0 spiro atoms. The van der Waals surface area contributed by atoms with Crippen molar-refractivity contribution in [1.29, 1.82) is 0 Å². The van der Waals surface area contributed by atoms with Gasteiger partial charge in [-0.25, -0.2) is 9.18 Å². The third-order valence-corrected chi connectivity index (χ3v) is 1.04. The zero-order valence-electron chi connectivity index (χ0n) is 6.17. The zero-order valence-corrected chi connectivity index (χ0v) is 6.17. The van der Waals surface area contributed by atoms with Crippen LogP contribution in [0.25, 0.3) is 0 Å². The molecule has 0 amide bonds. The summed E-state index contributed by atoms with van der Waals surface area (Å²) in [6.07, 6.45) is 3.17. The molecule has 1 N–H and O–H groups in total. The van der Waals surface area contributed by atoms with Crippen LogP contribution in [0.5, 0.6) is 0 Å². The van der Waals surface area contributed by atoms with Crippen LogP contribution in [-0.2, 0) is 4.79 Å². The molecule has 0 fully saturated rings. The third kappa shape index (κ3) is 3.35. The molecule has 0 saturated heterocycles. The summed E-state index contributed by atoms with van der Waals surface area (Å²) in [5, 5.41) is 8.38. The molecule has 0 heterocycles. The van der Waals surface area contributed by atoms with Gasteiger partial charge in [-0.3, -0.25) is 0 Å². The van der Waals surface area contributed by atoms with E-state index in [4.69, 9.17) is 5.11 Å². The van der Waals surface area contributed by atoms with Gasteiger partial charge in [-0.05, 0) is 13.0 Å². The number of carboxylic acids is 1. The van der Waals surface area contributed by atoms with Gasteiger partial charge in [0, 0.05) is 0 Å². The first-order valence-corrected chi connectivity index (χ1v) is 3.01. The lowest BCUT2D eigenvalue weighted by atomic mass is 10.2. The molecule has 0 bridgehead atoms. The van der Waals surface area contributed by atoms with E-state index in [9.17, 15) is 9.18 Å². The highest BCUT2D eigenvalue weighted by Gasteiger charge is 2.01. The van der Waals surface area contributed by atoms with Gasteiger partial charge in [-0.15, -0.1) is 0 Å². The van der Waals surface area contributed by atoms with E-state index in [0.717, 1.165) is 12.2 Å². The Bertz CT molecular complexity index is 226. The van der Waals surface area contributed by atoms with Crippen LogP contribution in [0.4, 0.5) is 4.39 Å². The summed E-state index contributed by atoms with van der Waals surface area (Å²) in [6.45, 7) is 4.71. The highest BCUT2D eigenvalue weighted by atomic mass is 19.1. The summed E-state index contributed by atoms with van der Waals surface area (Å²) < 4.78 is 12.4. The Morgan fingerprint density at radius 1 is 1.64 bits per heavy atom. The van der Waals surface area contributed by atoms with E-state index in [2.05, 4.69) is 6.58 Å². The molecule has 0 unspecified atom stereocenters. The normalized spacial score (nSPS) is 12.9. The maximum atomic E-state index is 12.4. The average molecular weight is 156 g/mol. The van der Waals surface area contributed by atoms with Crippen molar-refractivity contribution in [3.63, 3.8) is 0 Å². The number of halogens is 1. The maximum Gasteiger partial charge on any atom is 0.335 e. The van der Waals surface area contributed by atoms with Gasteiger partial charge >= 0.3 is 5.97 Å². The second-order valence-corrected chi connectivity index (χ2v) is 1.78. The predicted octanol–water partition coefficient (Wildman–Crippen LogP) is 2.06. The third-order valence-electron chi connectivity index (χ3n) is 1.04. The minimum absolute atomic E-state index is 0.152. The second kappa shape index (κ2) is 4.44. The highest BCUT2D eigenvalue weighted by Crippen LogP contribution is 2.04. The molecular weight excluding hydrogens is 147 g/mol. The van der Waals surface area contributed by atoms with Crippen LogP contribution in [0, 0.1) is 0 Å². The summed E-state index contributed by atoms with van der Waals surface area (Å²) in [5.41, 5.74) is -0.152. The summed E-state index contributed by atoms with van der Waals surface area (Å²) in [7, 11) is 0. The molecule has 0 atom stereocenters. The van der Waals surface area contributed by atoms with E-state index in [-0.39, 0.29) is 5.57 Å². The standard InChI is InChI=1S/C8H9FO2/c1-3-6(8(10)11)5-7(9)4-2/h3-5H,1H2,2H3,(H,10,11)/b6-5+,7-4+. The van der Waals surface area contributed by atoms with Crippen molar-refractivity contribution in [1.82, 2.24) is 0 Å². The van der Waals surface area contributed by atoms with Crippen LogP contribution in [0.15, 0.2) is 36.2 Å². The minimum atomic E-state index is -1.18. The van der Waals surface area contributed by atoms with Crippen molar-refractivity contribution in [2.24, 2.45) is 0 Å². The summed E-state index contributed by atoms with van der Waals surface area (Å²) in [4.78, 5) is 10.2.